The van der Waals surface area contributed by atoms with Gasteiger partial charge >= 0.3 is 6.09 Å². The summed E-state index contributed by atoms with van der Waals surface area (Å²) in [7, 11) is 0. The van der Waals surface area contributed by atoms with Crippen molar-refractivity contribution in [3.63, 3.8) is 0 Å². The van der Waals surface area contributed by atoms with E-state index in [4.69, 9.17) is 9.47 Å². The largest absolute Gasteiger partial charge is 0.444 e. The van der Waals surface area contributed by atoms with Gasteiger partial charge in [-0.1, -0.05) is 27.2 Å². The van der Waals surface area contributed by atoms with Crippen LogP contribution in [-0.4, -0.2) is 43.0 Å². The van der Waals surface area contributed by atoms with Crippen molar-refractivity contribution in [3.8, 4) is 0 Å². The van der Waals surface area contributed by atoms with Gasteiger partial charge in [0.1, 0.15) is 5.60 Å². The minimum Gasteiger partial charge on any atom is -0.444 e. The molecule has 0 aromatic rings. The highest BCUT2D eigenvalue weighted by Crippen LogP contribution is 2.43. The lowest BCUT2D eigenvalue weighted by Crippen LogP contribution is -2.49. The summed E-state index contributed by atoms with van der Waals surface area (Å²) in [6, 6.07) is 0.388. The van der Waals surface area contributed by atoms with Crippen LogP contribution in [0.3, 0.4) is 0 Å². The molecule has 2 N–H and O–H groups in total. The van der Waals surface area contributed by atoms with E-state index in [0.717, 1.165) is 32.4 Å². The standard InChI is InChI=1S/C17H34N2O3/c1-7-8-9-21-11-14-10-17(14,12-18-13(2)3)19-15(20)22-16(4,5)6/h13-14,18H,7-12H2,1-6H3,(H,19,20)/t14-,17-/m0/s1. The summed E-state index contributed by atoms with van der Waals surface area (Å²) in [4.78, 5) is 12.1. The van der Waals surface area contributed by atoms with Crippen LogP contribution in [0.15, 0.2) is 0 Å². The number of carbonyl (C=O) groups excluding carboxylic acids is 1. The van der Waals surface area contributed by atoms with Crippen molar-refractivity contribution in [3.05, 3.63) is 0 Å². The number of unbranched alkanes of at least 4 members (excludes halogenated alkanes) is 1. The number of amides is 1. The first-order valence-electron chi connectivity index (χ1n) is 8.51. The maximum atomic E-state index is 12.1. The van der Waals surface area contributed by atoms with Crippen molar-refractivity contribution in [1.82, 2.24) is 10.6 Å². The molecule has 0 radical (unpaired) electrons. The number of alkyl carbamates (subject to hydrolysis) is 1. The second-order valence-electron chi connectivity index (χ2n) is 7.65. The van der Waals surface area contributed by atoms with Crippen LogP contribution in [0, 0.1) is 5.92 Å². The summed E-state index contributed by atoms with van der Waals surface area (Å²) in [5.41, 5.74) is -0.697. The van der Waals surface area contributed by atoms with Crippen molar-refractivity contribution in [2.45, 2.75) is 78.0 Å². The molecule has 1 fully saturated rings. The Kier molecular flexibility index (Phi) is 7.13. The lowest BCUT2D eigenvalue weighted by Gasteiger charge is -2.25. The molecule has 0 unspecified atom stereocenters. The maximum Gasteiger partial charge on any atom is 0.408 e. The molecule has 5 nitrogen and oxygen atoms in total. The SMILES string of the molecule is CCCCOC[C@@H]1C[C@@]1(CNC(C)C)NC(=O)OC(C)(C)C. The molecule has 0 aromatic heterocycles. The molecule has 130 valence electrons. The first kappa shape index (κ1) is 19.2. The third kappa shape index (κ3) is 6.97. The fourth-order valence-corrected chi connectivity index (χ4v) is 2.38. The summed E-state index contributed by atoms with van der Waals surface area (Å²) < 4.78 is 11.1. The van der Waals surface area contributed by atoms with Gasteiger partial charge in [0.05, 0.1) is 12.1 Å². The first-order valence-corrected chi connectivity index (χ1v) is 8.51. The van der Waals surface area contributed by atoms with Gasteiger partial charge in [-0.25, -0.2) is 4.79 Å². The molecule has 1 saturated carbocycles. The first-order chi connectivity index (χ1) is 10.2. The Hall–Kier alpha value is -0.810. The van der Waals surface area contributed by atoms with Gasteiger partial charge in [0.15, 0.2) is 0 Å². The minimum atomic E-state index is -0.473. The predicted molar refractivity (Wildman–Crippen MR) is 89.1 cm³/mol. The van der Waals surface area contributed by atoms with Crippen LogP contribution in [0.1, 0.15) is 60.8 Å². The molecule has 22 heavy (non-hydrogen) atoms. The lowest BCUT2D eigenvalue weighted by atomic mass is 10.2. The van der Waals surface area contributed by atoms with Gasteiger partial charge in [-0.2, -0.15) is 0 Å². The molecule has 0 saturated heterocycles. The fraction of sp³-hybridized carbons (Fsp3) is 0.941. The zero-order valence-corrected chi connectivity index (χ0v) is 15.1. The zero-order chi connectivity index (χ0) is 16.8. The van der Waals surface area contributed by atoms with Gasteiger partial charge in [-0.15, -0.1) is 0 Å². The van der Waals surface area contributed by atoms with E-state index in [0.29, 0.717) is 18.6 Å². The number of ether oxygens (including phenoxy) is 2. The average Bonchev–Trinajstić information content (AvgIpc) is 3.03. The van der Waals surface area contributed by atoms with Gasteiger partial charge < -0.3 is 20.1 Å². The van der Waals surface area contributed by atoms with E-state index >= 15 is 0 Å². The van der Waals surface area contributed by atoms with Gasteiger partial charge in [0, 0.05) is 25.1 Å². The van der Waals surface area contributed by atoms with E-state index in [1.54, 1.807) is 0 Å². The Morgan fingerprint density at radius 1 is 1.36 bits per heavy atom. The van der Waals surface area contributed by atoms with E-state index < -0.39 is 5.60 Å². The summed E-state index contributed by atoms with van der Waals surface area (Å²) >= 11 is 0. The predicted octanol–water partition coefficient (Wildman–Crippen LogP) is 3.08. The molecule has 5 heteroatoms. The number of hydrogen-bond donors (Lipinski definition) is 2. The molecule has 0 heterocycles. The summed E-state index contributed by atoms with van der Waals surface area (Å²) in [6.07, 6.45) is 2.83. The molecular formula is C17H34N2O3. The van der Waals surface area contributed by atoms with Crippen molar-refractivity contribution >= 4 is 6.09 Å². The smallest absolute Gasteiger partial charge is 0.408 e. The Labute approximate surface area is 135 Å². The maximum absolute atomic E-state index is 12.1. The summed E-state index contributed by atoms with van der Waals surface area (Å²) in [6.45, 7) is 14.3. The lowest BCUT2D eigenvalue weighted by molar-refractivity contribution is 0.0477. The fourth-order valence-electron chi connectivity index (χ4n) is 2.38. The molecule has 0 spiro atoms. The molecule has 0 aliphatic heterocycles. The Morgan fingerprint density at radius 2 is 2.05 bits per heavy atom. The third-order valence-electron chi connectivity index (χ3n) is 3.77. The monoisotopic (exact) mass is 314 g/mol. The van der Waals surface area contributed by atoms with Crippen LogP contribution in [0.4, 0.5) is 4.79 Å². The highest BCUT2D eigenvalue weighted by Gasteiger charge is 2.55. The van der Waals surface area contributed by atoms with E-state index in [-0.39, 0.29) is 11.6 Å². The Bertz CT molecular complexity index is 352. The number of rotatable bonds is 9. The van der Waals surface area contributed by atoms with Crippen LogP contribution in [0.25, 0.3) is 0 Å². The molecule has 1 aliphatic rings. The van der Waals surface area contributed by atoms with Crippen LogP contribution >= 0.6 is 0 Å². The molecule has 1 rings (SSSR count). The minimum absolute atomic E-state index is 0.223. The summed E-state index contributed by atoms with van der Waals surface area (Å²) in [5.74, 6) is 0.364. The van der Waals surface area contributed by atoms with E-state index in [9.17, 15) is 4.79 Å². The second-order valence-corrected chi connectivity index (χ2v) is 7.65. The van der Waals surface area contributed by atoms with Crippen LogP contribution < -0.4 is 10.6 Å². The molecule has 2 atom stereocenters. The normalized spacial score (nSPS) is 24.4. The van der Waals surface area contributed by atoms with E-state index in [1.807, 2.05) is 20.8 Å². The van der Waals surface area contributed by atoms with E-state index in [2.05, 4.69) is 31.4 Å². The number of hydrogen-bond acceptors (Lipinski definition) is 4. The Balaban J connectivity index is 2.49. The van der Waals surface area contributed by atoms with Crippen LogP contribution in [0.5, 0.6) is 0 Å². The quantitative estimate of drug-likeness (QED) is 0.642. The molecule has 0 bridgehead atoms. The zero-order valence-electron chi connectivity index (χ0n) is 15.1. The molecule has 1 amide bonds. The van der Waals surface area contributed by atoms with Crippen LogP contribution in [0.2, 0.25) is 0 Å². The third-order valence-corrected chi connectivity index (χ3v) is 3.77. The number of nitrogens with one attached hydrogen (secondary N) is 2. The van der Waals surface area contributed by atoms with Crippen molar-refractivity contribution in [1.29, 1.82) is 0 Å². The summed E-state index contributed by atoms with van der Waals surface area (Å²) in [5, 5.41) is 6.49. The van der Waals surface area contributed by atoms with Crippen molar-refractivity contribution in [2.24, 2.45) is 5.92 Å². The molecular weight excluding hydrogens is 280 g/mol. The number of carbonyl (C=O) groups is 1. The van der Waals surface area contributed by atoms with Crippen molar-refractivity contribution < 1.29 is 14.3 Å². The highest BCUT2D eigenvalue weighted by atomic mass is 16.6. The molecule has 1 aliphatic carbocycles. The Morgan fingerprint density at radius 3 is 2.59 bits per heavy atom. The second kappa shape index (κ2) is 8.16. The molecule has 0 aromatic carbocycles. The topological polar surface area (TPSA) is 59.6 Å². The van der Waals surface area contributed by atoms with Gasteiger partial charge in [-0.3, -0.25) is 0 Å². The van der Waals surface area contributed by atoms with Crippen LogP contribution in [-0.2, 0) is 9.47 Å². The average molecular weight is 314 g/mol. The van der Waals surface area contributed by atoms with Gasteiger partial charge in [0.25, 0.3) is 0 Å². The highest BCUT2D eigenvalue weighted by molar-refractivity contribution is 5.69. The van der Waals surface area contributed by atoms with E-state index in [1.165, 1.54) is 0 Å². The van der Waals surface area contributed by atoms with Gasteiger partial charge in [0.2, 0.25) is 0 Å². The van der Waals surface area contributed by atoms with Crippen molar-refractivity contribution in [2.75, 3.05) is 19.8 Å². The van der Waals surface area contributed by atoms with Gasteiger partial charge in [-0.05, 0) is 33.6 Å².